The van der Waals surface area contributed by atoms with E-state index in [-0.39, 0.29) is 7.43 Å². The summed E-state index contributed by atoms with van der Waals surface area (Å²) in [6, 6.07) is 26.0. The molecule has 0 fully saturated rings. The molecule has 0 spiro atoms. The van der Waals surface area contributed by atoms with Gasteiger partial charge in [-0.25, -0.2) is 0 Å². The summed E-state index contributed by atoms with van der Waals surface area (Å²) in [6.45, 7) is 4.00. The fourth-order valence-corrected chi connectivity index (χ4v) is 2.86. The molecule has 0 aliphatic rings. The Labute approximate surface area is 127 Å². The second kappa shape index (κ2) is 6.41. The molecule has 0 saturated carbocycles. The quantitative estimate of drug-likeness (QED) is 0.309. The maximum atomic E-state index is 2.21. The van der Waals surface area contributed by atoms with Crippen molar-refractivity contribution < 1.29 is 0 Å². The molecule has 0 aromatic heterocycles. The Bertz CT molecular complexity index is 652. The van der Waals surface area contributed by atoms with Crippen molar-refractivity contribution in [3.05, 3.63) is 72.8 Å². The van der Waals surface area contributed by atoms with Crippen molar-refractivity contribution in [1.82, 2.24) is 0 Å². The van der Waals surface area contributed by atoms with Gasteiger partial charge in [0.05, 0.1) is 0 Å². The number of rotatable bonds is 0. The minimum absolute atomic E-state index is 0. The van der Waals surface area contributed by atoms with Crippen LogP contribution < -0.4 is 0 Å². The molecule has 4 aromatic carbocycles. The lowest BCUT2D eigenvalue weighted by atomic mass is 9.95. The summed E-state index contributed by atoms with van der Waals surface area (Å²) in [7, 11) is 0. The van der Waals surface area contributed by atoms with Gasteiger partial charge in [0, 0.05) is 0 Å². The minimum atomic E-state index is 0. The zero-order valence-electron chi connectivity index (χ0n) is 11.9. The van der Waals surface area contributed by atoms with E-state index in [1.165, 1.54) is 32.3 Å². The van der Waals surface area contributed by atoms with Crippen LogP contribution in [0, 0.1) is 0 Å². The van der Waals surface area contributed by atoms with Crippen LogP contribution in [0.2, 0.25) is 0 Å². The van der Waals surface area contributed by atoms with Crippen molar-refractivity contribution in [1.29, 1.82) is 0 Å². The van der Waals surface area contributed by atoms with Crippen LogP contribution in [0.5, 0.6) is 0 Å². The topological polar surface area (TPSA) is 0 Å². The molecule has 21 heavy (non-hydrogen) atoms. The molecule has 0 radical (unpaired) electrons. The average molecular weight is 274 g/mol. The molecule has 0 aliphatic heterocycles. The van der Waals surface area contributed by atoms with Gasteiger partial charge in [-0.05, 0) is 32.3 Å². The van der Waals surface area contributed by atoms with Crippen LogP contribution in [-0.2, 0) is 0 Å². The van der Waals surface area contributed by atoms with E-state index in [1.807, 2.05) is 13.8 Å². The normalized spacial score (nSPS) is 10.0. The zero-order chi connectivity index (χ0) is 13.9. The fourth-order valence-electron chi connectivity index (χ4n) is 2.86. The highest BCUT2D eigenvalue weighted by molar-refractivity contribution is 6.25. The summed E-state index contributed by atoms with van der Waals surface area (Å²) in [6.07, 6.45) is 0. The molecule has 0 N–H and O–H groups in total. The number of hydrogen-bond donors (Lipinski definition) is 0. The van der Waals surface area contributed by atoms with Gasteiger partial charge < -0.3 is 0 Å². The third-order valence-corrected chi connectivity index (χ3v) is 3.65. The highest BCUT2D eigenvalue weighted by Crippen LogP contribution is 2.34. The van der Waals surface area contributed by atoms with Crippen molar-refractivity contribution in [2.24, 2.45) is 0 Å². The van der Waals surface area contributed by atoms with Crippen molar-refractivity contribution in [3.63, 3.8) is 0 Å². The van der Waals surface area contributed by atoms with Crippen molar-refractivity contribution >= 4 is 32.3 Å². The van der Waals surface area contributed by atoms with Gasteiger partial charge in [0.1, 0.15) is 0 Å². The summed E-state index contributed by atoms with van der Waals surface area (Å²) in [5, 5.41) is 8.04. The summed E-state index contributed by atoms with van der Waals surface area (Å²) in [4.78, 5) is 0. The number of fused-ring (bicyclic) bond motifs is 6. The lowest BCUT2D eigenvalue weighted by Crippen LogP contribution is -1.81. The number of hydrogen-bond acceptors (Lipinski definition) is 0. The average Bonchev–Trinajstić information content (AvgIpc) is 2.57. The Morgan fingerprint density at radius 2 is 0.524 bits per heavy atom. The summed E-state index contributed by atoms with van der Waals surface area (Å²) in [5.41, 5.74) is 0. The lowest BCUT2D eigenvalue weighted by molar-refractivity contribution is 1.50. The number of benzene rings is 4. The first-order valence-corrected chi connectivity index (χ1v) is 7.23. The Morgan fingerprint density at radius 3 is 0.667 bits per heavy atom. The van der Waals surface area contributed by atoms with E-state index < -0.39 is 0 Å². The lowest BCUT2D eigenvalue weighted by Gasteiger charge is -2.09. The van der Waals surface area contributed by atoms with Crippen molar-refractivity contribution in [2.45, 2.75) is 21.3 Å². The molecule has 4 aromatic rings. The Kier molecular flexibility index (Phi) is 4.59. The van der Waals surface area contributed by atoms with Crippen LogP contribution in [0.4, 0.5) is 0 Å². The summed E-state index contributed by atoms with van der Waals surface area (Å²) in [5.74, 6) is 0. The molecular formula is C21H22. The molecule has 0 bridgehead atoms. The third-order valence-electron chi connectivity index (χ3n) is 3.65. The predicted octanol–water partition coefficient (Wildman–Crippen LogP) is 6.81. The molecule has 0 aliphatic carbocycles. The van der Waals surface area contributed by atoms with Crippen LogP contribution in [-0.4, -0.2) is 0 Å². The first-order chi connectivity index (χ1) is 9.95. The van der Waals surface area contributed by atoms with E-state index >= 15 is 0 Å². The van der Waals surface area contributed by atoms with E-state index in [1.54, 1.807) is 0 Å². The van der Waals surface area contributed by atoms with E-state index in [0.717, 1.165) is 0 Å². The van der Waals surface area contributed by atoms with Crippen molar-refractivity contribution in [2.75, 3.05) is 0 Å². The van der Waals surface area contributed by atoms with Gasteiger partial charge in [-0.2, -0.15) is 0 Å². The molecular weight excluding hydrogens is 252 g/mol. The second-order valence-corrected chi connectivity index (χ2v) is 4.64. The molecule has 4 rings (SSSR count). The van der Waals surface area contributed by atoms with Crippen LogP contribution >= 0.6 is 0 Å². The van der Waals surface area contributed by atoms with Gasteiger partial charge in [-0.3, -0.25) is 0 Å². The van der Waals surface area contributed by atoms with Gasteiger partial charge in [-0.1, -0.05) is 94.1 Å². The highest BCUT2D eigenvalue weighted by atomic mass is 14.1. The summed E-state index contributed by atoms with van der Waals surface area (Å²) >= 11 is 0. The first kappa shape index (κ1) is 15.1. The minimum Gasteiger partial charge on any atom is -0.0776 e. The van der Waals surface area contributed by atoms with Crippen LogP contribution in [0.1, 0.15) is 21.3 Å². The van der Waals surface area contributed by atoms with E-state index in [9.17, 15) is 0 Å². The molecule has 0 heterocycles. The Hall–Kier alpha value is -2.34. The van der Waals surface area contributed by atoms with Crippen LogP contribution in [0.3, 0.4) is 0 Å². The zero-order valence-corrected chi connectivity index (χ0v) is 11.9. The van der Waals surface area contributed by atoms with E-state index in [0.29, 0.717) is 0 Å². The molecule has 0 nitrogen and oxygen atoms in total. The Balaban J connectivity index is 0.000000517. The maximum absolute atomic E-state index is 2.21. The molecule has 0 saturated heterocycles. The van der Waals surface area contributed by atoms with Gasteiger partial charge in [-0.15, -0.1) is 0 Å². The highest BCUT2D eigenvalue weighted by Gasteiger charge is 2.06. The molecule has 0 heteroatoms. The van der Waals surface area contributed by atoms with Gasteiger partial charge in [0.2, 0.25) is 0 Å². The molecule has 0 atom stereocenters. The monoisotopic (exact) mass is 274 g/mol. The first-order valence-electron chi connectivity index (χ1n) is 7.23. The predicted molar refractivity (Wildman–Crippen MR) is 97.0 cm³/mol. The third kappa shape index (κ3) is 2.38. The van der Waals surface area contributed by atoms with Gasteiger partial charge in [0.15, 0.2) is 0 Å². The van der Waals surface area contributed by atoms with Crippen LogP contribution in [0.15, 0.2) is 72.8 Å². The second-order valence-electron chi connectivity index (χ2n) is 4.64. The largest absolute Gasteiger partial charge is 0.0776 e. The Morgan fingerprint density at radius 1 is 0.381 bits per heavy atom. The molecule has 106 valence electrons. The summed E-state index contributed by atoms with van der Waals surface area (Å²) < 4.78 is 0. The fraction of sp³-hybridized carbons (Fsp3) is 0.143. The van der Waals surface area contributed by atoms with E-state index in [2.05, 4.69) is 72.8 Å². The smallest absolute Gasteiger partial charge is 0.00990 e. The SMILES string of the molecule is C.CC.c1ccc2c(c1)c1ccccc1c1ccccc21. The van der Waals surface area contributed by atoms with E-state index in [4.69, 9.17) is 0 Å². The standard InChI is InChI=1S/C18H12.C2H6.CH4/c1-2-8-14-13(7-1)15-9-3-4-11-17(15)18-12-6-5-10-16(14)18;1-2;/h1-12H;1-2H3;1H4. The van der Waals surface area contributed by atoms with Crippen LogP contribution in [0.25, 0.3) is 32.3 Å². The van der Waals surface area contributed by atoms with Gasteiger partial charge >= 0.3 is 0 Å². The molecule has 0 unspecified atom stereocenters. The molecule has 0 amide bonds. The van der Waals surface area contributed by atoms with Crippen molar-refractivity contribution in [3.8, 4) is 0 Å². The maximum Gasteiger partial charge on any atom is -0.00990 e. The van der Waals surface area contributed by atoms with Gasteiger partial charge in [0.25, 0.3) is 0 Å².